The van der Waals surface area contributed by atoms with E-state index in [0.29, 0.717) is 0 Å². The molecule has 1 aromatic carbocycles. The van der Waals surface area contributed by atoms with Crippen LogP contribution >= 0.6 is 0 Å². The summed E-state index contributed by atoms with van der Waals surface area (Å²) < 4.78 is 8.55. The number of benzene rings is 1. The summed E-state index contributed by atoms with van der Waals surface area (Å²) in [6.07, 6.45) is 0. The molecule has 0 atom stereocenters. The van der Waals surface area contributed by atoms with Crippen LogP contribution in [0.15, 0.2) is 24.3 Å². The Kier molecular flexibility index (Phi) is 3.70. The van der Waals surface area contributed by atoms with E-state index in [1.54, 1.807) is 0 Å². The van der Waals surface area contributed by atoms with Crippen molar-refractivity contribution in [1.82, 2.24) is 0 Å². The van der Waals surface area contributed by atoms with Gasteiger partial charge in [-0.15, -0.1) is 0 Å². The monoisotopic (exact) mass is 180 g/mol. The Balaban J connectivity index is 2.77. The summed E-state index contributed by atoms with van der Waals surface area (Å²) in [4.78, 5) is 0. The molecule has 0 radical (unpaired) electrons. The van der Waals surface area contributed by atoms with Crippen LogP contribution in [0.25, 0.3) is 0 Å². The average Bonchev–Trinajstić information content (AvgIpc) is 2.06. The van der Waals surface area contributed by atoms with Crippen molar-refractivity contribution in [2.24, 2.45) is 0 Å². The zero-order valence-corrected chi connectivity index (χ0v) is 9.22. The van der Waals surface area contributed by atoms with E-state index in [2.05, 4.69) is 10.5 Å². The second kappa shape index (κ2) is 4.60. The van der Waals surface area contributed by atoms with Gasteiger partial charge in [-0.3, -0.25) is 0 Å². The van der Waals surface area contributed by atoms with Crippen LogP contribution in [0.3, 0.4) is 0 Å². The van der Waals surface area contributed by atoms with Crippen molar-refractivity contribution in [2.75, 3.05) is 0 Å². The minimum absolute atomic E-state index is 0.141. The Hall–Kier alpha value is -0.823. The average molecular weight is 180 g/mol. The van der Waals surface area contributed by atoms with E-state index in [0.717, 1.165) is 11.3 Å². The summed E-state index contributed by atoms with van der Waals surface area (Å²) in [5, 5.41) is 0. The van der Waals surface area contributed by atoms with E-state index < -0.39 is 0 Å². The molecule has 0 amide bonds. The van der Waals surface area contributed by atoms with Gasteiger partial charge < -0.3 is 0 Å². The molecule has 0 aliphatic carbocycles. The topological polar surface area (TPSA) is 9.23 Å². The summed E-state index contributed by atoms with van der Waals surface area (Å²) in [5.74, 6) is 3.88. The van der Waals surface area contributed by atoms with Crippen molar-refractivity contribution in [3.63, 3.8) is 0 Å². The van der Waals surface area contributed by atoms with Crippen molar-refractivity contribution in [3.8, 4) is 16.3 Å². The first-order chi connectivity index (χ1) is 6.51. The second-order valence-corrected chi connectivity index (χ2v) is 4.11. The van der Waals surface area contributed by atoms with Gasteiger partial charge in [-0.1, -0.05) is 0 Å². The van der Waals surface area contributed by atoms with Crippen LogP contribution in [0, 0.1) is 10.5 Å². The Morgan fingerprint density at radius 3 is 2.14 bits per heavy atom. The molecule has 0 bridgehead atoms. The predicted octanol–water partition coefficient (Wildman–Crippen LogP) is 2.34. The molecular weight excluding hydrogens is 167 g/mol. The van der Waals surface area contributed by atoms with Crippen LogP contribution in [-0.4, -0.2) is 23.3 Å². The first-order valence-electron chi connectivity index (χ1n) is 4.73. The third kappa shape index (κ3) is 3.92. The van der Waals surface area contributed by atoms with Gasteiger partial charge in [-0.25, -0.2) is 0 Å². The van der Waals surface area contributed by atoms with Gasteiger partial charge >= 0.3 is 94.9 Å². The maximum absolute atomic E-state index is 5.69. The van der Waals surface area contributed by atoms with Gasteiger partial charge in [0, 0.05) is 0 Å². The quantitative estimate of drug-likeness (QED) is 0.476. The van der Waals surface area contributed by atoms with Gasteiger partial charge in [0.1, 0.15) is 0 Å². The molecule has 0 aliphatic rings. The van der Waals surface area contributed by atoms with Crippen molar-refractivity contribution < 1.29 is 4.74 Å². The molecule has 0 N–H and O–H groups in total. The second-order valence-electron chi connectivity index (χ2n) is 4.11. The molecule has 68 valence electrons. The predicted molar refractivity (Wildman–Crippen MR) is 59.5 cm³/mol. The third-order valence-corrected chi connectivity index (χ3v) is 1.55. The fraction of sp³-hybridized carbons (Fsp3) is 0.333. The summed E-state index contributed by atoms with van der Waals surface area (Å²) in [6.45, 7) is 6.10. The van der Waals surface area contributed by atoms with Crippen molar-refractivity contribution >= 4 is 17.7 Å². The summed E-state index contributed by atoms with van der Waals surface area (Å²) >= 11 is 1.83. The van der Waals surface area contributed by atoms with Crippen LogP contribution in [0.1, 0.15) is 26.3 Å². The van der Waals surface area contributed by atoms with E-state index in [-0.39, 0.29) is 5.60 Å². The molecule has 0 aliphatic heterocycles. The molecule has 0 aromatic heterocycles. The zero-order chi connectivity index (χ0) is 10.6. The van der Waals surface area contributed by atoms with Crippen LogP contribution in [0.5, 0.6) is 5.75 Å². The Labute approximate surface area is 95.1 Å². The van der Waals surface area contributed by atoms with Crippen molar-refractivity contribution in [2.45, 2.75) is 26.4 Å². The molecule has 0 heterocycles. The summed E-state index contributed by atoms with van der Waals surface area (Å²) in [6, 6.07) is 7.84. The SMILES string of the molecule is [Li][C]#Cc1ccc(OC(C)(C)C)cc1. The van der Waals surface area contributed by atoms with E-state index in [1.165, 1.54) is 0 Å². The molecule has 0 saturated carbocycles. The fourth-order valence-corrected chi connectivity index (χ4v) is 1.10. The van der Waals surface area contributed by atoms with E-state index >= 15 is 0 Å². The normalized spacial score (nSPS) is 10.4. The van der Waals surface area contributed by atoms with Gasteiger partial charge in [0.05, 0.1) is 0 Å². The Bertz CT molecular complexity index is 349. The van der Waals surface area contributed by atoms with E-state index in [4.69, 9.17) is 4.74 Å². The number of hydrogen-bond donors (Lipinski definition) is 0. The third-order valence-electron chi connectivity index (χ3n) is 1.55. The van der Waals surface area contributed by atoms with Crippen LogP contribution in [-0.2, 0) is 0 Å². The molecular formula is C12H13LiO. The maximum atomic E-state index is 5.69. The first kappa shape index (κ1) is 11.3. The van der Waals surface area contributed by atoms with Gasteiger partial charge in [-0.05, 0) is 0 Å². The molecule has 1 rings (SSSR count). The fourth-order valence-electron chi connectivity index (χ4n) is 1.10. The summed E-state index contributed by atoms with van der Waals surface area (Å²) in [7, 11) is 0. The van der Waals surface area contributed by atoms with Crippen molar-refractivity contribution in [1.29, 1.82) is 0 Å². The molecule has 2 heteroatoms. The van der Waals surface area contributed by atoms with Crippen LogP contribution < -0.4 is 4.74 Å². The van der Waals surface area contributed by atoms with Gasteiger partial charge in [0.25, 0.3) is 0 Å². The molecule has 0 spiro atoms. The molecule has 1 aromatic rings. The van der Waals surface area contributed by atoms with Crippen molar-refractivity contribution in [3.05, 3.63) is 29.8 Å². The first-order valence-corrected chi connectivity index (χ1v) is 4.73. The molecule has 0 unspecified atom stereocenters. The number of ether oxygens (including phenoxy) is 1. The minimum atomic E-state index is -0.141. The molecule has 0 fully saturated rings. The van der Waals surface area contributed by atoms with Gasteiger partial charge in [0.2, 0.25) is 0 Å². The Morgan fingerprint density at radius 1 is 1.14 bits per heavy atom. The van der Waals surface area contributed by atoms with E-state index in [9.17, 15) is 0 Å². The standard InChI is InChI=1S/C12H13O.Li/c1-5-10-6-8-11(9-7-10)13-12(2,3)4;/h6-9H,2-4H3;. The zero-order valence-electron chi connectivity index (χ0n) is 9.22. The van der Waals surface area contributed by atoms with E-state index in [1.807, 2.05) is 62.8 Å². The van der Waals surface area contributed by atoms with Crippen LogP contribution in [0.2, 0.25) is 0 Å². The molecule has 1 nitrogen and oxygen atoms in total. The van der Waals surface area contributed by atoms with Gasteiger partial charge in [0.15, 0.2) is 0 Å². The number of rotatable bonds is 1. The molecule has 14 heavy (non-hydrogen) atoms. The van der Waals surface area contributed by atoms with Crippen LogP contribution in [0.4, 0.5) is 0 Å². The number of hydrogen-bond acceptors (Lipinski definition) is 1. The molecule has 0 saturated heterocycles. The van der Waals surface area contributed by atoms with Gasteiger partial charge in [-0.2, -0.15) is 0 Å². The summed E-state index contributed by atoms with van der Waals surface area (Å²) in [5.41, 5.74) is 0.881. The Morgan fingerprint density at radius 2 is 1.71 bits per heavy atom.